The molecule has 1 aromatic heterocycles. The number of carbonyl (C=O) groups excluding carboxylic acids is 1. The van der Waals surface area contributed by atoms with E-state index in [1.54, 1.807) is 7.11 Å². The number of fused-ring (bicyclic) bond motifs is 1. The largest absolute Gasteiger partial charge is 0.496 e. The van der Waals surface area contributed by atoms with E-state index in [1.807, 2.05) is 55.6 Å². The van der Waals surface area contributed by atoms with Gasteiger partial charge in [0.2, 0.25) is 5.91 Å². The molecule has 4 heteroatoms. The zero-order chi connectivity index (χ0) is 15.5. The molecular weight excluding hydrogens is 276 g/mol. The second-order valence-electron chi connectivity index (χ2n) is 5.27. The maximum Gasteiger partial charge on any atom is 0.228 e. The number of aromatic amines is 1. The minimum atomic E-state index is -0.0330. The second kappa shape index (κ2) is 5.93. The molecule has 0 fully saturated rings. The molecular formula is C18H18N2O2. The first-order valence-electron chi connectivity index (χ1n) is 7.17. The standard InChI is InChI=1S/C18H18N2O2/c1-12-9-14(7-8-17(12)22-2)20-18(21)10-13-11-19-16-6-4-3-5-15(13)16/h3-9,11,19H,10H2,1-2H3,(H,20,21). The molecule has 0 aliphatic carbocycles. The molecule has 0 saturated carbocycles. The van der Waals surface area contributed by atoms with Gasteiger partial charge in [-0.2, -0.15) is 0 Å². The Bertz CT molecular complexity index is 821. The van der Waals surface area contributed by atoms with Crippen LogP contribution in [0.5, 0.6) is 5.75 Å². The molecule has 0 saturated heterocycles. The Morgan fingerprint density at radius 3 is 2.82 bits per heavy atom. The number of nitrogens with one attached hydrogen (secondary N) is 2. The molecule has 2 N–H and O–H groups in total. The number of rotatable bonds is 4. The van der Waals surface area contributed by atoms with Crippen molar-refractivity contribution in [3.05, 3.63) is 59.8 Å². The molecule has 0 unspecified atom stereocenters. The molecule has 0 bridgehead atoms. The number of benzene rings is 2. The summed E-state index contributed by atoms with van der Waals surface area (Å²) in [5, 5.41) is 4.02. The predicted octanol–water partition coefficient (Wildman–Crippen LogP) is 3.67. The van der Waals surface area contributed by atoms with Gasteiger partial charge in [-0.05, 0) is 42.3 Å². The van der Waals surface area contributed by atoms with E-state index >= 15 is 0 Å². The van der Waals surface area contributed by atoms with E-state index in [9.17, 15) is 4.79 Å². The average Bonchev–Trinajstić information content (AvgIpc) is 2.91. The fourth-order valence-corrected chi connectivity index (χ4v) is 2.61. The maximum atomic E-state index is 12.2. The second-order valence-corrected chi connectivity index (χ2v) is 5.27. The summed E-state index contributed by atoms with van der Waals surface area (Å²) >= 11 is 0. The molecule has 0 atom stereocenters. The number of aryl methyl sites for hydroxylation is 1. The minimum Gasteiger partial charge on any atom is -0.496 e. The van der Waals surface area contributed by atoms with E-state index in [4.69, 9.17) is 4.74 Å². The molecule has 4 nitrogen and oxygen atoms in total. The van der Waals surface area contributed by atoms with Gasteiger partial charge < -0.3 is 15.0 Å². The summed E-state index contributed by atoms with van der Waals surface area (Å²) in [4.78, 5) is 15.4. The van der Waals surface area contributed by atoms with E-state index in [0.29, 0.717) is 6.42 Å². The van der Waals surface area contributed by atoms with Gasteiger partial charge in [-0.25, -0.2) is 0 Å². The first-order valence-corrected chi connectivity index (χ1v) is 7.17. The first-order chi connectivity index (χ1) is 10.7. The van der Waals surface area contributed by atoms with Crippen LogP contribution >= 0.6 is 0 Å². The summed E-state index contributed by atoms with van der Waals surface area (Å²) in [5.41, 5.74) is 3.82. The Morgan fingerprint density at radius 2 is 2.05 bits per heavy atom. The van der Waals surface area contributed by atoms with Crippen LogP contribution in [0.2, 0.25) is 0 Å². The molecule has 1 amide bonds. The third-order valence-corrected chi connectivity index (χ3v) is 3.70. The number of hydrogen-bond acceptors (Lipinski definition) is 2. The van der Waals surface area contributed by atoms with E-state index in [1.165, 1.54) is 0 Å². The highest BCUT2D eigenvalue weighted by atomic mass is 16.5. The van der Waals surface area contributed by atoms with E-state index < -0.39 is 0 Å². The third-order valence-electron chi connectivity index (χ3n) is 3.70. The van der Waals surface area contributed by atoms with Crippen LogP contribution in [0.4, 0.5) is 5.69 Å². The van der Waals surface area contributed by atoms with Gasteiger partial charge >= 0.3 is 0 Å². The molecule has 0 aliphatic rings. The lowest BCUT2D eigenvalue weighted by atomic mass is 10.1. The van der Waals surface area contributed by atoms with Crippen LogP contribution in [0.3, 0.4) is 0 Å². The Kier molecular flexibility index (Phi) is 3.83. The van der Waals surface area contributed by atoms with Gasteiger partial charge in [0.05, 0.1) is 13.5 Å². The van der Waals surface area contributed by atoms with Crippen LogP contribution in [0, 0.1) is 6.92 Å². The Morgan fingerprint density at radius 1 is 1.23 bits per heavy atom. The predicted molar refractivity (Wildman–Crippen MR) is 88.4 cm³/mol. The maximum absolute atomic E-state index is 12.2. The lowest BCUT2D eigenvalue weighted by Crippen LogP contribution is -2.14. The van der Waals surface area contributed by atoms with Gasteiger partial charge in [-0.1, -0.05) is 18.2 Å². The van der Waals surface area contributed by atoms with Crippen molar-refractivity contribution >= 4 is 22.5 Å². The molecule has 112 valence electrons. The number of aromatic nitrogens is 1. The summed E-state index contributed by atoms with van der Waals surface area (Å²) in [5.74, 6) is 0.781. The van der Waals surface area contributed by atoms with Crippen molar-refractivity contribution in [3.8, 4) is 5.75 Å². The van der Waals surface area contributed by atoms with Crippen molar-refractivity contribution in [2.24, 2.45) is 0 Å². The lowest BCUT2D eigenvalue weighted by molar-refractivity contribution is -0.115. The summed E-state index contributed by atoms with van der Waals surface area (Å²) in [6.45, 7) is 1.95. The monoisotopic (exact) mass is 294 g/mol. The SMILES string of the molecule is COc1ccc(NC(=O)Cc2c[nH]c3ccccc23)cc1C. The molecule has 3 rings (SSSR count). The van der Waals surface area contributed by atoms with Crippen LogP contribution in [-0.4, -0.2) is 18.0 Å². The third kappa shape index (κ3) is 2.81. The zero-order valence-electron chi connectivity index (χ0n) is 12.6. The fraction of sp³-hybridized carbons (Fsp3) is 0.167. The van der Waals surface area contributed by atoms with Gasteiger partial charge in [0.25, 0.3) is 0 Å². The minimum absolute atomic E-state index is 0.0330. The number of methoxy groups -OCH3 is 1. The summed E-state index contributed by atoms with van der Waals surface area (Å²) in [7, 11) is 1.64. The van der Waals surface area contributed by atoms with Crippen LogP contribution in [-0.2, 0) is 11.2 Å². The first kappa shape index (κ1) is 14.2. The van der Waals surface area contributed by atoms with Gasteiger partial charge in [0.1, 0.15) is 5.75 Å². The number of ether oxygens (including phenoxy) is 1. The topological polar surface area (TPSA) is 54.1 Å². The quantitative estimate of drug-likeness (QED) is 0.771. The number of carbonyl (C=O) groups is 1. The highest BCUT2D eigenvalue weighted by Gasteiger charge is 2.09. The van der Waals surface area contributed by atoms with Crippen LogP contribution < -0.4 is 10.1 Å². The Balaban J connectivity index is 1.74. The summed E-state index contributed by atoms with van der Waals surface area (Å²) in [6.07, 6.45) is 2.23. The molecule has 22 heavy (non-hydrogen) atoms. The molecule has 0 spiro atoms. The van der Waals surface area contributed by atoms with E-state index in [2.05, 4.69) is 10.3 Å². The van der Waals surface area contributed by atoms with E-state index in [-0.39, 0.29) is 5.91 Å². The molecule has 3 aromatic rings. The van der Waals surface area contributed by atoms with Crippen molar-refractivity contribution in [2.45, 2.75) is 13.3 Å². The zero-order valence-corrected chi connectivity index (χ0v) is 12.6. The van der Waals surface area contributed by atoms with Crippen molar-refractivity contribution in [3.63, 3.8) is 0 Å². The number of hydrogen-bond donors (Lipinski definition) is 2. The molecule has 1 heterocycles. The summed E-state index contributed by atoms with van der Waals surface area (Å²) in [6, 6.07) is 13.6. The molecule has 2 aromatic carbocycles. The van der Waals surface area contributed by atoms with Crippen molar-refractivity contribution in [2.75, 3.05) is 12.4 Å². The average molecular weight is 294 g/mol. The van der Waals surface area contributed by atoms with Crippen molar-refractivity contribution in [1.29, 1.82) is 0 Å². The van der Waals surface area contributed by atoms with Crippen molar-refractivity contribution < 1.29 is 9.53 Å². The molecule has 0 aliphatic heterocycles. The summed E-state index contributed by atoms with van der Waals surface area (Å²) < 4.78 is 5.22. The van der Waals surface area contributed by atoms with E-state index in [0.717, 1.165) is 33.5 Å². The Hall–Kier alpha value is -2.75. The Labute approximate surface area is 129 Å². The van der Waals surface area contributed by atoms with Crippen LogP contribution in [0.25, 0.3) is 10.9 Å². The smallest absolute Gasteiger partial charge is 0.228 e. The van der Waals surface area contributed by atoms with Gasteiger partial charge in [0.15, 0.2) is 0 Å². The van der Waals surface area contributed by atoms with Gasteiger partial charge in [0, 0.05) is 22.8 Å². The number of anilines is 1. The van der Waals surface area contributed by atoms with Gasteiger partial charge in [-0.3, -0.25) is 4.79 Å². The van der Waals surface area contributed by atoms with Gasteiger partial charge in [-0.15, -0.1) is 0 Å². The normalized spacial score (nSPS) is 10.6. The lowest BCUT2D eigenvalue weighted by Gasteiger charge is -2.09. The number of H-pyrrole nitrogens is 1. The number of para-hydroxylation sites is 1. The fourth-order valence-electron chi connectivity index (χ4n) is 2.61. The highest BCUT2D eigenvalue weighted by molar-refractivity contribution is 5.95. The van der Waals surface area contributed by atoms with Crippen LogP contribution in [0.1, 0.15) is 11.1 Å². The highest BCUT2D eigenvalue weighted by Crippen LogP contribution is 2.22. The number of amides is 1. The van der Waals surface area contributed by atoms with Crippen LogP contribution in [0.15, 0.2) is 48.7 Å². The van der Waals surface area contributed by atoms with Crippen molar-refractivity contribution in [1.82, 2.24) is 4.98 Å². The molecule has 0 radical (unpaired) electrons.